The van der Waals surface area contributed by atoms with Crippen LogP contribution in [0.15, 0.2) is 22.7 Å². The lowest BCUT2D eigenvalue weighted by molar-refractivity contribution is 0.0948. The second kappa shape index (κ2) is 6.71. The average Bonchev–Trinajstić information content (AvgIpc) is 2.27. The third-order valence-electron chi connectivity index (χ3n) is 2.49. The van der Waals surface area contributed by atoms with Crippen LogP contribution in [0, 0.1) is 11.2 Å². The summed E-state index contributed by atoms with van der Waals surface area (Å²) in [7, 11) is 0. The van der Waals surface area contributed by atoms with E-state index in [9.17, 15) is 9.18 Å². The molecule has 1 atom stereocenters. The number of amides is 1. The number of halogens is 3. The fraction of sp³-hybridized carbons (Fsp3) is 0.500. The number of hydrogen-bond donors (Lipinski definition) is 1. The highest BCUT2D eigenvalue weighted by Crippen LogP contribution is 2.23. The molecule has 1 aromatic carbocycles. The van der Waals surface area contributed by atoms with E-state index in [4.69, 9.17) is 11.6 Å². The molecule has 0 spiro atoms. The molecule has 1 rings (SSSR count). The molecule has 5 heteroatoms. The van der Waals surface area contributed by atoms with Crippen molar-refractivity contribution in [2.24, 2.45) is 5.41 Å². The van der Waals surface area contributed by atoms with Gasteiger partial charge in [0.1, 0.15) is 5.82 Å². The Morgan fingerprint density at radius 3 is 2.68 bits per heavy atom. The van der Waals surface area contributed by atoms with Crippen molar-refractivity contribution < 1.29 is 9.18 Å². The molecule has 0 aliphatic carbocycles. The van der Waals surface area contributed by atoms with Gasteiger partial charge in [-0.1, -0.05) is 36.7 Å². The van der Waals surface area contributed by atoms with Gasteiger partial charge in [0.2, 0.25) is 0 Å². The number of rotatable bonds is 4. The van der Waals surface area contributed by atoms with Crippen molar-refractivity contribution in [2.45, 2.75) is 32.6 Å². The van der Waals surface area contributed by atoms with E-state index in [1.807, 2.05) is 0 Å². The summed E-state index contributed by atoms with van der Waals surface area (Å²) in [5.74, 6) is -0.985. The molecule has 0 aromatic heterocycles. The molecule has 0 fully saturated rings. The topological polar surface area (TPSA) is 29.1 Å². The van der Waals surface area contributed by atoms with Crippen molar-refractivity contribution in [3.05, 3.63) is 34.1 Å². The average molecular weight is 351 g/mol. The van der Waals surface area contributed by atoms with E-state index >= 15 is 0 Å². The van der Waals surface area contributed by atoms with E-state index < -0.39 is 11.7 Å². The Bertz CT molecular complexity index is 459. The third kappa shape index (κ3) is 5.91. The van der Waals surface area contributed by atoms with Crippen molar-refractivity contribution in [3.8, 4) is 0 Å². The molecule has 0 bridgehead atoms. The van der Waals surface area contributed by atoms with Crippen molar-refractivity contribution in [2.75, 3.05) is 6.54 Å². The lowest BCUT2D eigenvalue weighted by atomic mass is 9.90. The van der Waals surface area contributed by atoms with Crippen LogP contribution in [0.4, 0.5) is 4.39 Å². The fourth-order valence-electron chi connectivity index (χ4n) is 1.71. The minimum Gasteiger partial charge on any atom is -0.350 e. The van der Waals surface area contributed by atoms with E-state index in [0.717, 1.165) is 6.42 Å². The summed E-state index contributed by atoms with van der Waals surface area (Å²) in [5, 5.41) is 2.49. The first kappa shape index (κ1) is 16.4. The first-order valence-corrected chi connectivity index (χ1v) is 7.29. The SMILES string of the molecule is CC(C)(C)CC(Cl)CNC(=O)c1cc(Br)ccc1F. The highest BCUT2D eigenvalue weighted by atomic mass is 79.9. The molecular formula is C14H18BrClFNO. The summed E-state index contributed by atoms with van der Waals surface area (Å²) in [6, 6.07) is 4.26. The molecule has 0 saturated heterocycles. The van der Waals surface area contributed by atoms with Gasteiger partial charge in [0.05, 0.1) is 10.9 Å². The van der Waals surface area contributed by atoms with Gasteiger partial charge in [0.25, 0.3) is 5.91 Å². The zero-order valence-corrected chi connectivity index (χ0v) is 13.6. The van der Waals surface area contributed by atoms with Crippen LogP contribution in [0.2, 0.25) is 0 Å². The molecule has 2 nitrogen and oxygen atoms in total. The Morgan fingerprint density at radius 2 is 2.11 bits per heavy atom. The highest BCUT2D eigenvalue weighted by Gasteiger charge is 2.18. The fourth-order valence-corrected chi connectivity index (χ4v) is 2.61. The van der Waals surface area contributed by atoms with Crippen LogP contribution in [0.25, 0.3) is 0 Å². The number of carbonyl (C=O) groups excluding carboxylic acids is 1. The van der Waals surface area contributed by atoms with Gasteiger partial charge in [-0.25, -0.2) is 4.39 Å². The molecule has 0 aliphatic heterocycles. The number of hydrogen-bond acceptors (Lipinski definition) is 1. The highest BCUT2D eigenvalue weighted by molar-refractivity contribution is 9.10. The lowest BCUT2D eigenvalue weighted by Gasteiger charge is -2.22. The van der Waals surface area contributed by atoms with Crippen molar-refractivity contribution in [1.82, 2.24) is 5.32 Å². The van der Waals surface area contributed by atoms with Crippen LogP contribution in [0.5, 0.6) is 0 Å². The van der Waals surface area contributed by atoms with Crippen LogP contribution in [-0.2, 0) is 0 Å². The van der Waals surface area contributed by atoms with Crippen LogP contribution in [0.3, 0.4) is 0 Å². The quantitative estimate of drug-likeness (QED) is 0.803. The zero-order chi connectivity index (χ0) is 14.6. The maximum atomic E-state index is 13.5. The Kier molecular flexibility index (Phi) is 5.81. The maximum absolute atomic E-state index is 13.5. The largest absolute Gasteiger partial charge is 0.350 e. The van der Waals surface area contributed by atoms with Crippen LogP contribution < -0.4 is 5.32 Å². The molecule has 19 heavy (non-hydrogen) atoms. The molecule has 0 radical (unpaired) electrons. The molecule has 1 aromatic rings. The first-order valence-electron chi connectivity index (χ1n) is 6.06. The number of alkyl halides is 1. The van der Waals surface area contributed by atoms with Crippen LogP contribution in [-0.4, -0.2) is 17.8 Å². The smallest absolute Gasteiger partial charge is 0.254 e. The zero-order valence-electron chi connectivity index (χ0n) is 11.3. The number of carbonyl (C=O) groups is 1. The van der Waals surface area contributed by atoms with E-state index in [1.165, 1.54) is 12.1 Å². The normalized spacial score (nSPS) is 13.2. The predicted octanol–water partition coefficient (Wildman–Crippen LogP) is 4.36. The van der Waals surface area contributed by atoms with E-state index in [1.54, 1.807) is 6.07 Å². The molecule has 0 heterocycles. The summed E-state index contributed by atoms with van der Waals surface area (Å²) in [5.41, 5.74) is 0.118. The number of benzene rings is 1. The molecule has 0 saturated carbocycles. The van der Waals surface area contributed by atoms with Gasteiger partial charge < -0.3 is 5.32 Å². The monoisotopic (exact) mass is 349 g/mol. The molecule has 1 amide bonds. The Labute approximate surface area is 126 Å². The molecular weight excluding hydrogens is 333 g/mol. The summed E-state index contributed by atoms with van der Waals surface area (Å²) in [6.07, 6.45) is 0.774. The number of nitrogens with one attached hydrogen (secondary N) is 1. The maximum Gasteiger partial charge on any atom is 0.254 e. The Balaban J connectivity index is 2.58. The van der Waals surface area contributed by atoms with Crippen molar-refractivity contribution >= 4 is 33.4 Å². The second-order valence-corrected chi connectivity index (χ2v) is 7.23. The molecule has 1 unspecified atom stereocenters. The standard InChI is InChI=1S/C14H18BrClFNO/c1-14(2,3)7-10(16)8-18-13(19)11-6-9(15)4-5-12(11)17/h4-6,10H,7-8H2,1-3H3,(H,18,19). The Morgan fingerprint density at radius 1 is 1.47 bits per heavy atom. The van der Waals surface area contributed by atoms with E-state index in [-0.39, 0.29) is 16.4 Å². The summed E-state index contributed by atoms with van der Waals surface area (Å²) >= 11 is 9.36. The van der Waals surface area contributed by atoms with E-state index in [0.29, 0.717) is 11.0 Å². The van der Waals surface area contributed by atoms with Gasteiger partial charge in [0, 0.05) is 11.0 Å². The van der Waals surface area contributed by atoms with Gasteiger partial charge in [-0.2, -0.15) is 0 Å². The summed E-state index contributed by atoms with van der Waals surface area (Å²) < 4.78 is 14.2. The molecule has 0 aliphatic rings. The minimum absolute atomic E-state index is 0.0222. The third-order valence-corrected chi connectivity index (χ3v) is 3.29. The van der Waals surface area contributed by atoms with Crippen molar-refractivity contribution in [3.63, 3.8) is 0 Å². The predicted molar refractivity (Wildman–Crippen MR) is 80.1 cm³/mol. The summed E-state index contributed by atoms with van der Waals surface area (Å²) in [6.45, 7) is 6.57. The van der Waals surface area contributed by atoms with Gasteiger partial charge in [-0.15, -0.1) is 11.6 Å². The van der Waals surface area contributed by atoms with Gasteiger partial charge >= 0.3 is 0 Å². The summed E-state index contributed by atoms with van der Waals surface area (Å²) in [4.78, 5) is 11.9. The second-order valence-electron chi connectivity index (χ2n) is 5.70. The molecule has 106 valence electrons. The van der Waals surface area contributed by atoms with Crippen LogP contribution in [0.1, 0.15) is 37.6 Å². The molecule has 1 N–H and O–H groups in total. The van der Waals surface area contributed by atoms with Crippen molar-refractivity contribution in [1.29, 1.82) is 0 Å². The van der Waals surface area contributed by atoms with Gasteiger partial charge in [-0.3, -0.25) is 4.79 Å². The van der Waals surface area contributed by atoms with Gasteiger partial charge in [-0.05, 0) is 30.0 Å². The minimum atomic E-state index is -0.539. The van der Waals surface area contributed by atoms with Crippen LogP contribution >= 0.6 is 27.5 Å². The lowest BCUT2D eigenvalue weighted by Crippen LogP contribution is -2.32. The van der Waals surface area contributed by atoms with Gasteiger partial charge in [0.15, 0.2) is 0 Å². The first-order chi connectivity index (χ1) is 8.69. The Hall–Kier alpha value is -0.610. The van der Waals surface area contributed by atoms with E-state index in [2.05, 4.69) is 42.0 Å².